The van der Waals surface area contributed by atoms with Crippen molar-refractivity contribution in [2.75, 3.05) is 5.32 Å². The number of rotatable bonds is 5. The summed E-state index contributed by atoms with van der Waals surface area (Å²) in [5, 5.41) is 2.98. The second-order valence-electron chi connectivity index (χ2n) is 6.94. The molecule has 1 N–H and O–H groups in total. The molecule has 4 heteroatoms. The highest BCUT2D eigenvalue weighted by molar-refractivity contribution is 6.03. The number of hydrogen-bond acceptors (Lipinski definition) is 2. The third kappa shape index (κ3) is 3.41. The predicted octanol–water partition coefficient (Wildman–Crippen LogP) is 4.58. The summed E-state index contributed by atoms with van der Waals surface area (Å²) in [4.78, 5) is 27.9. The van der Waals surface area contributed by atoms with Crippen molar-refractivity contribution in [2.24, 2.45) is 0 Å². The molecule has 3 aromatic carbocycles. The standard InChI is InChI=1S/C24H22N2O2/c1-2-17-12-14-20(15-13-17)25-23(27)22(18-8-4-3-5-9-18)26-16-19-10-6-7-11-21(19)24(26)28/h3-15,22H,2,16H2,1H3,(H,25,27)/t22-/m1/s1. The number of carbonyl (C=O) groups excluding carboxylic acids is 2. The van der Waals surface area contributed by atoms with E-state index < -0.39 is 6.04 Å². The van der Waals surface area contributed by atoms with Crippen molar-refractivity contribution < 1.29 is 9.59 Å². The highest BCUT2D eigenvalue weighted by Crippen LogP contribution is 2.32. The van der Waals surface area contributed by atoms with Gasteiger partial charge in [-0.05, 0) is 41.3 Å². The van der Waals surface area contributed by atoms with Gasteiger partial charge in [0, 0.05) is 17.8 Å². The second-order valence-corrected chi connectivity index (χ2v) is 6.94. The van der Waals surface area contributed by atoms with Crippen molar-refractivity contribution in [3.05, 3.63) is 101 Å². The molecule has 0 spiro atoms. The van der Waals surface area contributed by atoms with Gasteiger partial charge < -0.3 is 10.2 Å². The number of nitrogens with one attached hydrogen (secondary N) is 1. The Balaban J connectivity index is 1.65. The highest BCUT2D eigenvalue weighted by Gasteiger charge is 2.37. The summed E-state index contributed by atoms with van der Waals surface area (Å²) in [6.45, 7) is 2.52. The van der Waals surface area contributed by atoms with E-state index in [-0.39, 0.29) is 11.8 Å². The number of benzene rings is 3. The summed E-state index contributed by atoms with van der Waals surface area (Å²) < 4.78 is 0. The van der Waals surface area contributed by atoms with E-state index in [0.29, 0.717) is 12.1 Å². The number of fused-ring (bicyclic) bond motifs is 1. The van der Waals surface area contributed by atoms with Gasteiger partial charge in [-0.3, -0.25) is 9.59 Å². The summed E-state index contributed by atoms with van der Waals surface area (Å²) in [6, 6.07) is 24.1. The van der Waals surface area contributed by atoms with Crippen LogP contribution in [0.3, 0.4) is 0 Å². The van der Waals surface area contributed by atoms with Crippen LogP contribution in [0, 0.1) is 0 Å². The molecule has 0 fully saturated rings. The molecule has 0 aromatic heterocycles. The first-order valence-electron chi connectivity index (χ1n) is 9.51. The lowest BCUT2D eigenvalue weighted by atomic mass is 10.0. The van der Waals surface area contributed by atoms with Crippen molar-refractivity contribution in [2.45, 2.75) is 25.9 Å². The molecule has 0 bridgehead atoms. The molecule has 1 atom stereocenters. The van der Waals surface area contributed by atoms with Gasteiger partial charge in [0.2, 0.25) is 0 Å². The fraction of sp³-hybridized carbons (Fsp3) is 0.167. The summed E-state index contributed by atoms with van der Waals surface area (Å²) in [6.07, 6.45) is 0.946. The first-order chi connectivity index (χ1) is 13.7. The molecule has 1 aliphatic rings. The number of amides is 2. The Morgan fingerprint density at radius 3 is 2.32 bits per heavy atom. The van der Waals surface area contributed by atoms with Crippen LogP contribution in [0.15, 0.2) is 78.9 Å². The maximum atomic E-state index is 13.2. The Kier molecular flexibility index (Phi) is 4.94. The Bertz CT molecular complexity index is 997. The minimum Gasteiger partial charge on any atom is -0.324 e. The van der Waals surface area contributed by atoms with Gasteiger partial charge in [-0.15, -0.1) is 0 Å². The highest BCUT2D eigenvalue weighted by atomic mass is 16.2. The van der Waals surface area contributed by atoms with Gasteiger partial charge in [-0.1, -0.05) is 67.6 Å². The summed E-state index contributed by atoms with van der Waals surface area (Å²) in [7, 11) is 0. The van der Waals surface area contributed by atoms with Crippen LogP contribution < -0.4 is 5.32 Å². The van der Waals surface area contributed by atoms with Crippen molar-refractivity contribution in [3.63, 3.8) is 0 Å². The maximum Gasteiger partial charge on any atom is 0.255 e. The third-order valence-corrected chi connectivity index (χ3v) is 5.15. The predicted molar refractivity (Wildman–Crippen MR) is 110 cm³/mol. The van der Waals surface area contributed by atoms with Crippen molar-refractivity contribution >= 4 is 17.5 Å². The molecular formula is C24H22N2O2. The SMILES string of the molecule is CCc1ccc(NC(=O)[C@@H](c2ccccc2)N2Cc3ccccc3C2=O)cc1. The van der Waals surface area contributed by atoms with Crippen LogP contribution in [0.25, 0.3) is 0 Å². The molecular weight excluding hydrogens is 348 g/mol. The molecule has 4 rings (SSSR count). The molecule has 0 aliphatic carbocycles. The number of carbonyl (C=O) groups is 2. The third-order valence-electron chi connectivity index (χ3n) is 5.15. The Morgan fingerprint density at radius 2 is 1.64 bits per heavy atom. The van der Waals surface area contributed by atoms with Gasteiger partial charge in [0.15, 0.2) is 0 Å². The first kappa shape index (κ1) is 18.0. The monoisotopic (exact) mass is 370 g/mol. The molecule has 4 nitrogen and oxygen atoms in total. The van der Waals surface area contributed by atoms with E-state index in [4.69, 9.17) is 0 Å². The molecule has 140 valence electrons. The van der Waals surface area contributed by atoms with Crippen LogP contribution in [0.1, 0.15) is 40.0 Å². The van der Waals surface area contributed by atoms with Gasteiger partial charge in [0.1, 0.15) is 6.04 Å². The van der Waals surface area contributed by atoms with Gasteiger partial charge in [0.05, 0.1) is 0 Å². The van der Waals surface area contributed by atoms with Crippen molar-refractivity contribution in [1.82, 2.24) is 4.90 Å². The van der Waals surface area contributed by atoms with E-state index >= 15 is 0 Å². The van der Waals surface area contributed by atoms with Crippen LogP contribution in [-0.4, -0.2) is 16.7 Å². The van der Waals surface area contributed by atoms with Crippen molar-refractivity contribution in [3.8, 4) is 0 Å². The average Bonchev–Trinajstić information content (AvgIpc) is 3.06. The van der Waals surface area contributed by atoms with Crippen LogP contribution in [0.2, 0.25) is 0 Å². The topological polar surface area (TPSA) is 49.4 Å². The molecule has 1 heterocycles. The molecule has 3 aromatic rings. The Labute approximate surface area is 164 Å². The van der Waals surface area contributed by atoms with Crippen molar-refractivity contribution in [1.29, 1.82) is 0 Å². The first-order valence-corrected chi connectivity index (χ1v) is 9.51. The zero-order valence-corrected chi connectivity index (χ0v) is 15.8. The zero-order valence-electron chi connectivity index (χ0n) is 15.8. The van der Waals surface area contributed by atoms with Gasteiger partial charge in [-0.25, -0.2) is 0 Å². The molecule has 28 heavy (non-hydrogen) atoms. The molecule has 0 unspecified atom stereocenters. The van der Waals surface area contributed by atoms with Crippen LogP contribution in [-0.2, 0) is 17.8 Å². The minimum atomic E-state index is -0.688. The normalized spacial score (nSPS) is 13.9. The van der Waals surface area contributed by atoms with Crippen LogP contribution in [0.5, 0.6) is 0 Å². The zero-order chi connectivity index (χ0) is 19.5. The molecule has 1 aliphatic heterocycles. The van der Waals surface area contributed by atoms with Crippen LogP contribution >= 0.6 is 0 Å². The van der Waals surface area contributed by atoms with E-state index in [1.54, 1.807) is 4.90 Å². The van der Waals surface area contributed by atoms with Gasteiger partial charge in [-0.2, -0.15) is 0 Å². The second kappa shape index (κ2) is 7.69. The van der Waals surface area contributed by atoms with E-state index in [9.17, 15) is 9.59 Å². The molecule has 2 amide bonds. The number of hydrogen-bond donors (Lipinski definition) is 1. The van der Waals surface area contributed by atoms with Gasteiger partial charge in [0.25, 0.3) is 11.8 Å². The fourth-order valence-corrected chi connectivity index (χ4v) is 3.63. The maximum absolute atomic E-state index is 13.2. The van der Waals surface area contributed by atoms with Gasteiger partial charge >= 0.3 is 0 Å². The van der Waals surface area contributed by atoms with E-state index in [1.807, 2.05) is 78.9 Å². The minimum absolute atomic E-state index is 0.110. The fourth-order valence-electron chi connectivity index (χ4n) is 3.63. The molecule has 0 saturated carbocycles. The molecule has 0 saturated heterocycles. The van der Waals surface area contributed by atoms with E-state index in [1.165, 1.54) is 5.56 Å². The lowest BCUT2D eigenvalue weighted by molar-refractivity contribution is -0.120. The number of aryl methyl sites for hydroxylation is 1. The van der Waals surface area contributed by atoms with Crippen LogP contribution in [0.4, 0.5) is 5.69 Å². The quantitative estimate of drug-likeness (QED) is 0.714. The molecule has 0 radical (unpaired) electrons. The van der Waals surface area contributed by atoms with E-state index in [2.05, 4.69) is 12.2 Å². The largest absolute Gasteiger partial charge is 0.324 e. The smallest absolute Gasteiger partial charge is 0.255 e. The summed E-state index contributed by atoms with van der Waals surface area (Å²) in [5.74, 6) is -0.322. The lowest BCUT2D eigenvalue weighted by Gasteiger charge is -2.27. The average molecular weight is 370 g/mol. The number of nitrogens with zero attached hydrogens (tertiary/aromatic N) is 1. The summed E-state index contributed by atoms with van der Waals surface area (Å²) >= 11 is 0. The number of anilines is 1. The lowest BCUT2D eigenvalue weighted by Crippen LogP contribution is -2.37. The Morgan fingerprint density at radius 1 is 0.964 bits per heavy atom. The Hall–Kier alpha value is -3.40. The summed E-state index contributed by atoms with van der Waals surface area (Å²) in [5.41, 5.74) is 4.36. The van der Waals surface area contributed by atoms with E-state index in [0.717, 1.165) is 23.2 Å².